The minimum Gasteiger partial charge on any atom is -0.375 e. The molecule has 6 heteroatoms. The van der Waals surface area contributed by atoms with Crippen LogP contribution in [0.5, 0.6) is 0 Å². The highest BCUT2D eigenvalue weighted by atomic mass is 16.5. The average Bonchev–Trinajstić information content (AvgIpc) is 3.54. The SMILES string of the molecule is O=C(NCCC1CCOC2(CCN(C(=O)C3CC3)CC2)C1)c1ccncc1. The van der Waals surface area contributed by atoms with Crippen LogP contribution in [0.4, 0.5) is 0 Å². The van der Waals surface area contributed by atoms with Gasteiger partial charge in [-0.2, -0.15) is 0 Å². The van der Waals surface area contributed by atoms with Gasteiger partial charge in [0.1, 0.15) is 0 Å². The van der Waals surface area contributed by atoms with E-state index in [4.69, 9.17) is 4.74 Å². The number of carbonyl (C=O) groups is 2. The zero-order valence-corrected chi connectivity index (χ0v) is 15.9. The van der Waals surface area contributed by atoms with E-state index < -0.39 is 0 Å². The van der Waals surface area contributed by atoms with Gasteiger partial charge in [0.15, 0.2) is 0 Å². The first-order valence-electron chi connectivity index (χ1n) is 10.3. The number of hydrogen-bond acceptors (Lipinski definition) is 4. The molecule has 1 spiro atoms. The number of hydrogen-bond donors (Lipinski definition) is 1. The molecule has 2 aliphatic heterocycles. The molecule has 1 unspecified atom stereocenters. The van der Waals surface area contributed by atoms with Crippen molar-refractivity contribution in [3.63, 3.8) is 0 Å². The van der Waals surface area contributed by atoms with E-state index in [0.29, 0.717) is 29.9 Å². The molecule has 3 heterocycles. The molecule has 1 aliphatic carbocycles. The second-order valence-corrected chi connectivity index (χ2v) is 8.27. The van der Waals surface area contributed by atoms with Crippen LogP contribution in [-0.4, -0.2) is 53.5 Å². The quantitative estimate of drug-likeness (QED) is 0.863. The molecule has 27 heavy (non-hydrogen) atoms. The predicted molar refractivity (Wildman–Crippen MR) is 101 cm³/mol. The Labute approximate surface area is 160 Å². The summed E-state index contributed by atoms with van der Waals surface area (Å²) in [5, 5.41) is 3.02. The van der Waals surface area contributed by atoms with Crippen LogP contribution in [0.25, 0.3) is 0 Å². The van der Waals surface area contributed by atoms with Crippen molar-refractivity contribution in [2.75, 3.05) is 26.2 Å². The van der Waals surface area contributed by atoms with Crippen molar-refractivity contribution < 1.29 is 14.3 Å². The summed E-state index contributed by atoms with van der Waals surface area (Å²) in [5.41, 5.74) is 0.597. The molecular formula is C21H29N3O3. The molecule has 0 bridgehead atoms. The van der Waals surface area contributed by atoms with Crippen LogP contribution >= 0.6 is 0 Å². The van der Waals surface area contributed by atoms with Crippen LogP contribution in [0.1, 0.15) is 55.3 Å². The molecule has 1 atom stereocenters. The van der Waals surface area contributed by atoms with Gasteiger partial charge in [-0.1, -0.05) is 0 Å². The molecule has 0 aromatic carbocycles. The van der Waals surface area contributed by atoms with Crippen LogP contribution in [0, 0.1) is 11.8 Å². The highest BCUT2D eigenvalue weighted by Crippen LogP contribution is 2.40. The molecule has 6 nitrogen and oxygen atoms in total. The summed E-state index contributed by atoms with van der Waals surface area (Å²) < 4.78 is 6.21. The summed E-state index contributed by atoms with van der Waals surface area (Å²) in [4.78, 5) is 30.4. The van der Waals surface area contributed by atoms with Crippen LogP contribution < -0.4 is 5.32 Å². The largest absolute Gasteiger partial charge is 0.375 e. The van der Waals surface area contributed by atoms with Crippen molar-refractivity contribution in [3.05, 3.63) is 30.1 Å². The molecule has 4 rings (SSSR count). The number of carbonyl (C=O) groups excluding carboxylic acids is 2. The maximum atomic E-state index is 12.3. The van der Waals surface area contributed by atoms with E-state index >= 15 is 0 Å². The topological polar surface area (TPSA) is 71.5 Å². The third kappa shape index (κ3) is 4.49. The summed E-state index contributed by atoms with van der Waals surface area (Å²) >= 11 is 0. The Morgan fingerprint density at radius 2 is 1.93 bits per heavy atom. The maximum Gasteiger partial charge on any atom is 0.251 e. The number of aromatic nitrogens is 1. The van der Waals surface area contributed by atoms with E-state index in [1.807, 2.05) is 4.90 Å². The number of piperidine rings is 1. The van der Waals surface area contributed by atoms with E-state index in [1.165, 1.54) is 0 Å². The number of nitrogens with zero attached hydrogens (tertiary/aromatic N) is 2. The minimum atomic E-state index is -0.0572. The van der Waals surface area contributed by atoms with Gasteiger partial charge in [0.2, 0.25) is 5.91 Å². The zero-order chi connectivity index (χ0) is 18.7. The third-order valence-electron chi connectivity index (χ3n) is 6.29. The molecular weight excluding hydrogens is 342 g/mol. The lowest BCUT2D eigenvalue weighted by atomic mass is 9.78. The zero-order valence-electron chi connectivity index (χ0n) is 15.9. The van der Waals surface area contributed by atoms with Crippen molar-refractivity contribution in [1.29, 1.82) is 0 Å². The van der Waals surface area contributed by atoms with E-state index in [0.717, 1.165) is 64.6 Å². The van der Waals surface area contributed by atoms with Crippen LogP contribution in [0.3, 0.4) is 0 Å². The summed E-state index contributed by atoms with van der Waals surface area (Å²) in [5.74, 6) is 1.20. The van der Waals surface area contributed by atoms with Crippen LogP contribution in [0.15, 0.2) is 24.5 Å². The van der Waals surface area contributed by atoms with Gasteiger partial charge >= 0.3 is 0 Å². The second kappa shape index (κ2) is 7.97. The number of nitrogens with one attached hydrogen (secondary N) is 1. The highest BCUT2D eigenvalue weighted by Gasteiger charge is 2.43. The molecule has 3 fully saturated rings. The smallest absolute Gasteiger partial charge is 0.251 e. The monoisotopic (exact) mass is 371 g/mol. The minimum absolute atomic E-state index is 0.0360. The standard InChI is InChI=1S/C21H29N3O3/c25-19(17-4-9-22-10-5-17)23-11-3-16-6-14-27-21(15-16)7-12-24(13-8-21)20(26)18-1-2-18/h4-5,9-10,16,18H,1-3,6-8,11-15H2,(H,23,25). The van der Waals surface area contributed by atoms with Gasteiger partial charge in [-0.3, -0.25) is 14.6 Å². The molecule has 0 radical (unpaired) electrons. The lowest BCUT2D eigenvalue weighted by Crippen LogP contribution is -2.51. The van der Waals surface area contributed by atoms with Crippen molar-refractivity contribution in [2.45, 2.75) is 50.5 Å². The van der Waals surface area contributed by atoms with Crippen molar-refractivity contribution in [1.82, 2.24) is 15.2 Å². The fraction of sp³-hybridized carbons (Fsp3) is 0.667. The van der Waals surface area contributed by atoms with Crippen molar-refractivity contribution in [3.8, 4) is 0 Å². The molecule has 1 aromatic heterocycles. The van der Waals surface area contributed by atoms with Gasteiger partial charge in [0.05, 0.1) is 5.60 Å². The average molecular weight is 371 g/mol. The summed E-state index contributed by atoms with van der Waals surface area (Å²) in [6, 6.07) is 3.46. The van der Waals surface area contributed by atoms with Gasteiger partial charge in [-0.25, -0.2) is 0 Å². The first-order chi connectivity index (χ1) is 13.2. The first kappa shape index (κ1) is 18.4. The van der Waals surface area contributed by atoms with Gasteiger partial charge in [-0.05, 0) is 63.0 Å². The van der Waals surface area contributed by atoms with Crippen LogP contribution in [-0.2, 0) is 9.53 Å². The Morgan fingerprint density at radius 1 is 1.19 bits per heavy atom. The Hall–Kier alpha value is -1.95. The fourth-order valence-electron chi connectivity index (χ4n) is 4.44. The molecule has 2 saturated heterocycles. The Kier molecular flexibility index (Phi) is 5.43. The number of ether oxygens (including phenoxy) is 1. The van der Waals surface area contributed by atoms with E-state index in [-0.39, 0.29) is 11.5 Å². The Balaban J connectivity index is 1.22. The number of rotatable bonds is 5. The van der Waals surface area contributed by atoms with Gasteiger partial charge in [0.25, 0.3) is 5.91 Å². The number of likely N-dealkylation sites (tertiary alicyclic amines) is 1. The maximum absolute atomic E-state index is 12.3. The number of amides is 2. The van der Waals surface area contributed by atoms with E-state index in [9.17, 15) is 9.59 Å². The summed E-state index contributed by atoms with van der Waals surface area (Å²) in [6.45, 7) is 3.15. The lowest BCUT2D eigenvalue weighted by Gasteiger charge is -2.46. The van der Waals surface area contributed by atoms with Gasteiger partial charge < -0.3 is 15.0 Å². The van der Waals surface area contributed by atoms with Crippen molar-refractivity contribution in [2.24, 2.45) is 11.8 Å². The molecule has 1 saturated carbocycles. The first-order valence-corrected chi connectivity index (χ1v) is 10.3. The highest BCUT2D eigenvalue weighted by molar-refractivity contribution is 5.93. The molecule has 1 N–H and O–H groups in total. The Bertz CT molecular complexity index is 667. The number of pyridine rings is 1. The summed E-state index contributed by atoms with van der Waals surface area (Å²) in [6.07, 6.45) is 10.4. The predicted octanol–water partition coefficient (Wildman–Crippen LogP) is 2.40. The van der Waals surface area contributed by atoms with Crippen molar-refractivity contribution >= 4 is 11.8 Å². The van der Waals surface area contributed by atoms with Crippen LogP contribution in [0.2, 0.25) is 0 Å². The van der Waals surface area contributed by atoms with E-state index in [1.54, 1.807) is 24.5 Å². The van der Waals surface area contributed by atoms with E-state index in [2.05, 4.69) is 10.3 Å². The summed E-state index contributed by atoms with van der Waals surface area (Å²) in [7, 11) is 0. The Morgan fingerprint density at radius 3 is 2.63 bits per heavy atom. The fourth-order valence-corrected chi connectivity index (χ4v) is 4.44. The second-order valence-electron chi connectivity index (χ2n) is 8.27. The lowest BCUT2D eigenvalue weighted by molar-refractivity contribution is -0.148. The van der Waals surface area contributed by atoms with Gasteiger partial charge in [-0.15, -0.1) is 0 Å². The molecule has 3 aliphatic rings. The van der Waals surface area contributed by atoms with Gasteiger partial charge in [0, 0.05) is 50.1 Å². The third-order valence-corrected chi connectivity index (χ3v) is 6.29. The normalized spacial score (nSPS) is 24.6. The molecule has 1 aromatic rings. The molecule has 2 amide bonds. The molecule has 146 valence electrons.